The van der Waals surface area contributed by atoms with E-state index in [4.69, 9.17) is 0 Å². The summed E-state index contributed by atoms with van der Waals surface area (Å²) < 4.78 is 0. The second-order valence-electron chi connectivity index (χ2n) is 6.32. The lowest BCUT2D eigenvalue weighted by Crippen LogP contribution is -2.41. The Morgan fingerprint density at radius 2 is 1.71 bits per heavy atom. The summed E-state index contributed by atoms with van der Waals surface area (Å²) in [5.41, 5.74) is 0. The first-order valence-corrected chi connectivity index (χ1v) is 7.67. The van der Waals surface area contributed by atoms with Crippen LogP contribution in [0.5, 0.6) is 0 Å². The van der Waals surface area contributed by atoms with Gasteiger partial charge in [0.25, 0.3) is 0 Å². The predicted molar refractivity (Wildman–Crippen MR) is 72.0 cm³/mol. The lowest BCUT2D eigenvalue weighted by Gasteiger charge is -2.30. The molecule has 0 bridgehead atoms. The maximum absolute atomic E-state index is 10.1. The van der Waals surface area contributed by atoms with Crippen LogP contribution in [-0.4, -0.2) is 23.8 Å². The third-order valence-corrected chi connectivity index (χ3v) is 4.81. The fourth-order valence-electron chi connectivity index (χ4n) is 3.62. The SMILES string of the molecule is CC1CCCCC1NCC(O)CC1CCCC1. The van der Waals surface area contributed by atoms with Crippen LogP contribution in [-0.2, 0) is 0 Å². The maximum atomic E-state index is 10.1. The van der Waals surface area contributed by atoms with Crippen LogP contribution in [0.3, 0.4) is 0 Å². The van der Waals surface area contributed by atoms with E-state index in [2.05, 4.69) is 12.2 Å². The van der Waals surface area contributed by atoms with Crippen molar-refractivity contribution in [2.75, 3.05) is 6.54 Å². The molecule has 0 aromatic heterocycles. The highest BCUT2D eigenvalue weighted by Gasteiger charge is 2.23. The third kappa shape index (κ3) is 4.26. The molecule has 0 aliphatic heterocycles. The fourth-order valence-corrected chi connectivity index (χ4v) is 3.62. The van der Waals surface area contributed by atoms with Gasteiger partial charge in [0.2, 0.25) is 0 Å². The van der Waals surface area contributed by atoms with Crippen molar-refractivity contribution in [3.63, 3.8) is 0 Å². The van der Waals surface area contributed by atoms with Gasteiger partial charge in [-0.25, -0.2) is 0 Å². The highest BCUT2D eigenvalue weighted by molar-refractivity contribution is 4.80. The highest BCUT2D eigenvalue weighted by atomic mass is 16.3. The van der Waals surface area contributed by atoms with Gasteiger partial charge in [-0.1, -0.05) is 45.4 Å². The van der Waals surface area contributed by atoms with Crippen molar-refractivity contribution < 1.29 is 5.11 Å². The minimum atomic E-state index is -0.118. The third-order valence-electron chi connectivity index (χ3n) is 4.81. The van der Waals surface area contributed by atoms with Gasteiger partial charge >= 0.3 is 0 Å². The molecule has 2 aliphatic carbocycles. The van der Waals surface area contributed by atoms with Crippen molar-refractivity contribution in [1.82, 2.24) is 5.32 Å². The highest BCUT2D eigenvalue weighted by Crippen LogP contribution is 2.28. The van der Waals surface area contributed by atoms with Crippen LogP contribution >= 0.6 is 0 Å². The van der Waals surface area contributed by atoms with Crippen LogP contribution < -0.4 is 5.32 Å². The molecular formula is C15H29NO. The van der Waals surface area contributed by atoms with Crippen LogP contribution in [0.15, 0.2) is 0 Å². The number of hydrogen-bond acceptors (Lipinski definition) is 2. The maximum Gasteiger partial charge on any atom is 0.0667 e. The topological polar surface area (TPSA) is 32.3 Å². The molecule has 100 valence electrons. The van der Waals surface area contributed by atoms with Gasteiger partial charge < -0.3 is 10.4 Å². The molecule has 3 unspecified atom stereocenters. The molecule has 2 saturated carbocycles. The fraction of sp³-hybridized carbons (Fsp3) is 1.00. The Morgan fingerprint density at radius 3 is 2.41 bits per heavy atom. The van der Waals surface area contributed by atoms with Gasteiger partial charge in [0.1, 0.15) is 0 Å². The Kier molecular flexibility index (Phi) is 5.30. The lowest BCUT2D eigenvalue weighted by atomic mass is 9.86. The van der Waals surface area contributed by atoms with Gasteiger partial charge in [-0.3, -0.25) is 0 Å². The molecule has 2 aliphatic rings. The molecule has 2 N–H and O–H groups in total. The van der Waals surface area contributed by atoms with Crippen molar-refractivity contribution in [1.29, 1.82) is 0 Å². The van der Waals surface area contributed by atoms with E-state index in [0.29, 0.717) is 6.04 Å². The van der Waals surface area contributed by atoms with Crippen molar-refractivity contribution in [3.8, 4) is 0 Å². The number of nitrogens with one attached hydrogen (secondary N) is 1. The average molecular weight is 239 g/mol. The van der Waals surface area contributed by atoms with Crippen LogP contribution in [0.2, 0.25) is 0 Å². The predicted octanol–water partition coefficient (Wildman–Crippen LogP) is 3.10. The zero-order valence-electron chi connectivity index (χ0n) is 11.3. The van der Waals surface area contributed by atoms with E-state index in [1.54, 1.807) is 0 Å². The molecule has 0 spiro atoms. The standard InChI is InChI=1S/C15H29NO/c1-12-6-2-5-9-15(12)16-11-14(17)10-13-7-3-4-8-13/h12-17H,2-11H2,1H3. The molecular weight excluding hydrogens is 210 g/mol. The quantitative estimate of drug-likeness (QED) is 0.772. The van der Waals surface area contributed by atoms with Crippen LogP contribution in [0.1, 0.15) is 64.7 Å². The first kappa shape index (κ1) is 13.4. The smallest absolute Gasteiger partial charge is 0.0667 e. The summed E-state index contributed by atoms with van der Waals surface area (Å²) in [6, 6.07) is 0.655. The molecule has 3 atom stereocenters. The van der Waals surface area contributed by atoms with Gasteiger partial charge in [0, 0.05) is 12.6 Å². The zero-order chi connectivity index (χ0) is 12.1. The van der Waals surface area contributed by atoms with E-state index in [9.17, 15) is 5.11 Å². The van der Waals surface area contributed by atoms with Gasteiger partial charge in [-0.05, 0) is 31.1 Å². The Morgan fingerprint density at radius 1 is 1.06 bits per heavy atom. The second kappa shape index (κ2) is 6.75. The van der Waals surface area contributed by atoms with Crippen LogP contribution in [0, 0.1) is 11.8 Å². The number of rotatable bonds is 5. The van der Waals surface area contributed by atoms with Gasteiger partial charge in [-0.2, -0.15) is 0 Å². The van der Waals surface area contributed by atoms with Gasteiger partial charge in [0.05, 0.1) is 6.10 Å². The largest absolute Gasteiger partial charge is 0.392 e. The van der Waals surface area contributed by atoms with Crippen molar-refractivity contribution in [3.05, 3.63) is 0 Å². The van der Waals surface area contributed by atoms with E-state index in [1.807, 2.05) is 0 Å². The molecule has 0 saturated heterocycles. The summed E-state index contributed by atoms with van der Waals surface area (Å²) in [7, 11) is 0. The van der Waals surface area contributed by atoms with E-state index in [-0.39, 0.29) is 6.10 Å². The minimum absolute atomic E-state index is 0.118. The molecule has 2 rings (SSSR count). The Bertz CT molecular complexity index is 213. The van der Waals surface area contributed by atoms with Crippen molar-refractivity contribution in [2.24, 2.45) is 11.8 Å². The first-order chi connectivity index (χ1) is 8.25. The molecule has 0 aromatic rings. The molecule has 17 heavy (non-hydrogen) atoms. The van der Waals surface area contributed by atoms with E-state index >= 15 is 0 Å². The van der Waals surface area contributed by atoms with Gasteiger partial charge in [-0.15, -0.1) is 0 Å². The van der Waals surface area contributed by atoms with Crippen LogP contribution in [0.25, 0.3) is 0 Å². The summed E-state index contributed by atoms with van der Waals surface area (Å²) in [6.45, 7) is 3.16. The summed E-state index contributed by atoms with van der Waals surface area (Å²) >= 11 is 0. The van der Waals surface area contributed by atoms with Crippen molar-refractivity contribution in [2.45, 2.75) is 76.9 Å². The Balaban J connectivity index is 1.62. The molecule has 2 nitrogen and oxygen atoms in total. The van der Waals surface area contributed by atoms with E-state index in [0.717, 1.165) is 24.8 Å². The molecule has 0 radical (unpaired) electrons. The van der Waals surface area contributed by atoms with E-state index in [1.165, 1.54) is 51.4 Å². The summed E-state index contributed by atoms with van der Waals surface area (Å²) in [5.74, 6) is 1.60. The minimum Gasteiger partial charge on any atom is -0.392 e. The summed E-state index contributed by atoms with van der Waals surface area (Å²) in [5, 5.41) is 13.7. The van der Waals surface area contributed by atoms with Crippen LogP contribution in [0.4, 0.5) is 0 Å². The molecule has 2 fully saturated rings. The lowest BCUT2D eigenvalue weighted by molar-refractivity contribution is 0.129. The van der Waals surface area contributed by atoms with Crippen molar-refractivity contribution >= 4 is 0 Å². The Hall–Kier alpha value is -0.0800. The van der Waals surface area contributed by atoms with Gasteiger partial charge in [0.15, 0.2) is 0 Å². The number of hydrogen-bond donors (Lipinski definition) is 2. The number of aliphatic hydroxyl groups is 1. The molecule has 2 heteroatoms. The normalized spacial score (nSPS) is 32.8. The molecule has 0 amide bonds. The second-order valence-corrected chi connectivity index (χ2v) is 6.32. The number of aliphatic hydroxyl groups excluding tert-OH is 1. The monoisotopic (exact) mass is 239 g/mol. The van der Waals surface area contributed by atoms with E-state index < -0.39 is 0 Å². The summed E-state index contributed by atoms with van der Waals surface area (Å²) in [6.07, 6.45) is 11.8. The Labute approximate surface area is 106 Å². The molecule has 0 heterocycles. The summed E-state index contributed by atoms with van der Waals surface area (Å²) in [4.78, 5) is 0. The average Bonchev–Trinajstić information content (AvgIpc) is 2.81. The zero-order valence-corrected chi connectivity index (χ0v) is 11.3. The first-order valence-electron chi connectivity index (χ1n) is 7.67. The molecule has 0 aromatic carbocycles.